The molecular formula is C13H14FNO3. The SMILES string of the molecule is C[C@@H]1C[C@@H]1C(=O)OCC(=O)Nc1ccccc1F. The standard InChI is InChI=1S/C13H14FNO3/c1-8-6-9(8)13(17)18-7-12(16)15-11-5-3-2-4-10(11)14/h2-5,8-9H,6-7H2,1H3,(H,15,16)/t8-,9+/m1/s1. The lowest BCUT2D eigenvalue weighted by Crippen LogP contribution is -2.22. The van der Waals surface area contributed by atoms with Gasteiger partial charge in [0.2, 0.25) is 0 Å². The fourth-order valence-corrected chi connectivity index (χ4v) is 1.64. The molecule has 1 aliphatic rings. The molecule has 0 spiro atoms. The minimum atomic E-state index is -0.540. The molecular weight excluding hydrogens is 237 g/mol. The number of amides is 1. The average Bonchev–Trinajstić information content (AvgIpc) is 3.06. The number of para-hydroxylation sites is 1. The molecule has 2 atom stereocenters. The van der Waals surface area contributed by atoms with E-state index in [9.17, 15) is 14.0 Å². The Morgan fingerprint density at radius 1 is 1.44 bits per heavy atom. The second-order valence-electron chi connectivity index (χ2n) is 4.46. The van der Waals surface area contributed by atoms with Gasteiger partial charge in [-0.1, -0.05) is 19.1 Å². The van der Waals surface area contributed by atoms with E-state index in [4.69, 9.17) is 4.74 Å². The number of carbonyl (C=O) groups excluding carboxylic acids is 2. The predicted octanol–water partition coefficient (Wildman–Crippen LogP) is 1.96. The summed E-state index contributed by atoms with van der Waals surface area (Å²) in [6.07, 6.45) is 0.813. The van der Waals surface area contributed by atoms with Crippen molar-refractivity contribution in [1.29, 1.82) is 0 Å². The molecule has 1 aromatic carbocycles. The third kappa shape index (κ3) is 3.06. The minimum absolute atomic E-state index is 0.0775. The number of rotatable bonds is 4. The second-order valence-corrected chi connectivity index (χ2v) is 4.46. The zero-order valence-electron chi connectivity index (χ0n) is 9.98. The number of ether oxygens (including phenoxy) is 1. The molecule has 4 nitrogen and oxygen atoms in total. The van der Waals surface area contributed by atoms with E-state index in [0.717, 1.165) is 6.42 Å². The molecule has 0 saturated heterocycles. The van der Waals surface area contributed by atoms with Crippen molar-refractivity contribution in [3.63, 3.8) is 0 Å². The summed E-state index contributed by atoms with van der Waals surface area (Å²) >= 11 is 0. The Balaban J connectivity index is 1.79. The van der Waals surface area contributed by atoms with Gasteiger partial charge in [0.1, 0.15) is 5.82 Å². The Morgan fingerprint density at radius 3 is 2.72 bits per heavy atom. The highest BCUT2D eigenvalue weighted by Gasteiger charge is 2.40. The van der Waals surface area contributed by atoms with Gasteiger partial charge in [0, 0.05) is 0 Å². The number of halogens is 1. The first-order valence-electron chi connectivity index (χ1n) is 5.79. The number of anilines is 1. The highest BCUT2D eigenvalue weighted by molar-refractivity contribution is 5.93. The van der Waals surface area contributed by atoms with Crippen LogP contribution in [0.3, 0.4) is 0 Å². The lowest BCUT2D eigenvalue weighted by molar-refractivity contribution is -0.148. The van der Waals surface area contributed by atoms with Gasteiger partial charge in [-0.2, -0.15) is 0 Å². The van der Waals surface area contributed by atoms with E-state index in [-0.39, 0.29) is 24.2 Å². The van der Waals surface area contributed by atoms with Crippen LogP contribution in [-0.4, -0.2) is 18.5 Å². The topological polar surface area (TPSA) is 55.4 Å². The maximum Gasteiger partial charge on any atom is 0.309 e. The molecule has 1 fully saturated rings. The molecule has 1 aromatic rings. The normalized spacial score (nSPS) is 21.2. The van der Waals surface area contributed by atoms with E-state index in [1.165, 1.54) is 18.2 Å². The van der Waals surface area contributed by atoms with Gasteiger partial charge in [-0.25, -0.2) is 4.39 Å². The Hall–Kier alpha value is -1.91. The lowest BCUT2D eigenvalue weighted by Gasteiger charge is -2.06. The van der Waals surface area contributed by atoms with Crippen LogP contribution in [0.25, 0.3) is 0 Å². The molecule has 5 heteroatoms. The highest BCUT2D eigenvalue weighted by Crippen LogP contribution is 2.38. The summed E-state index contributed by atoms with van der Waals surface area (Å²) in [5, 5.41) is 2.34. The van der Waals surface area contributed by atoms with Gasteiger partial charge < -0.3 is 10.1 Å². The molecule has 0 radical (unpaired) electrons. The molecule has 18 heavy (non-hydrogen) atoms. The fourth-order valence-electron chi connectivity index (χ4n) is 1.64. The molecule has 0 bridgehead atoms. The molecule has 2 rings (SSSR count). The third-order valence-corrected chi connectivity index (χ3v) is 2.91. The Bertz CT molecular complexity index is 475. The number of carbonyl (C=O) groups is 2. The van der Waals surface area contributed by atoms with Crippen LogP contribution in [-0.2, 0) is 14.3 Å². The summed E-state index contributed by atoms with van der Waals surface area (Å²) in [5.74, 6) is -1.15. The van der Waals surface area contributed by atoms with Crippen molar-refractivity contribution in [3.05, 3.63) is 30.1 Å². The number of esters is 1. The van der Waals surface area contributed by atoms with Crippen molar-refractivity contribution < 1.29 is 18.7 Å². The Labute approximate surface area is 104 Å². The number of hydrogen-bond acceptors (Lipinski definition) is 3. The van der Waals surface area contributed by atoms with Crippen LogP contribution in [0.1, 0.15) is 13.3 Å². The molecule has 0 heterocycles. The minimum Gasteiger partial charge on any atom is -0.455 e. The molecule has 0 unspecified atom stereocenters. The quantitative estimate of drug-likeness (QED) is 0.832. The smallest absolute Gasteiger partial charge is 0.309 e. The van der Waals surface area contributed by atoms with Crippen LogP contribution >= 0.6 is 0 Å². The van der Waals surface area contributed by atoms with Crippen molar-refractivity contribution in [1.82, 2.24) is 0 Å². The number of benzene rings is 1. The Morgan fingerprint density at radius 2 is 2.11 bits per heavy atom. The van der Waals surface area contributed by atoms with E-state index in [1.54, 1.807) is 6.07 Å². The largest absolute Gasteiger partial charge is 0.455 e. The van der Waals surface area contributed by atoms with Gasteiger partial charge >= 0.3 is 5.97 Å². The van der Waals surface area contributed by atoms with Crippen molar-refractivity contribution >= 4 is 17.6 Å². The molecule has 1 aliphatic carbocycles. The first kappa shape index (κ1) is 12.5. The van der Waals surface area contributed by atoms with Crippen molar-refractivity contribution in [3.8, 4) is 0 Å². The van der Waals surface area contributed by atoms with Gasteiger partial charge in [-0.05, 0) is 24.5 Å². The zero-order valence-corrected chi connectivity index (χ0v) is 9.98. The maximum absolute atomic E-state index is 13.2. The summed E-state index contributed by atoms with van der Waals surface area (Å²) in [5.41, 5.74) is 0.0818. The van der Waals surface area contributed by atoms with Crippen molar-refractivity contribution in [2.24, 2.45) is 11.8 Å². The molecule has 0 aliphatic heterocycles. The highest BCUT2D eigenvalue weighted by atomic mass is 19.1. The van der Waals surface area contributed by atoms with Gasteiger partial charge in [0.25, 0.3) is 5.91 Å². The predicted molar refractivity (Wildman–Crippen MR) is 63.3 cm³/mol. The first-order chi connectivity index (χ1) is 8.58. The van der Waals surface area contributed by atoms with Crippen LogP contribution in [0.4, 0.5) is 10.1 Å². The van der Waals surface area contributed by atoms with Crippen molar-refractivity contribution in [2.75, 3.05) is 11.9 Å². The van der Waals surface area contributed by atoms with Gasteiger partial charge in [-0.15, -0.1) is 0 Å². The molecule has 0 aromatic heterocycles. The van der Waals surface area contributed by atoms with Crippen molar-refractivity contribution in [2.45, 2.75) is 13.3 Å². The van der Waals surface area contributed by atoms with Gasteiger partial charge in [0.15, 0.2) is 6.61 Å². The summed E-state index contributed by atoms with van der Waals surface area (Å²) in [6, 6.07) is 5.82. The van der Waals surface area contributed by atoms with E-state index in [2.05, 4.69) is 5.32 Å². The monoisotopic (exact) mass is 251 g/mol. The molecule has 96 valence electrons. The zero-order chi connectivity index (χ0) is 13.1. The summed E-state index contributed by atoms with van der Waals surface area (Å²) in [6.45, 7) is 1.57. The van der Waals surface area contributed by atoms with Gasteiger partial charge in [0.05, 0.1) is 11.6 Å². The molecule has 1 N–H and O–H groups in total. The lowest BCUT2D eigenvalue weighted by atomic mass is 10.3. The summed E-state index contributed by atoms with van der Waals surface area (Å²) in [7, 11) is 0. The summed E-state index contributed by atoms with van der Waals surface area (Å²) in [4.78, 5) is 22.8. The first-order valence-corrected chi connectivity index (χ1v) is 5.79. The summed E-state index contributed by atoms with van der Waals surface area (Å²) < 4.78 is 18.1. The van der Waals surface area contributed by atoms with E-state index in [1.807, 2.05) is 6.92 Å². The molecule has 1 saturated carbocycles. The average molecular weight is 251 g/mol. The van der Waals surface area contributed by atoms with Crippen LogP contribution in [0.15, 0.2) is 24.3 Å². The van der Waals surface area contributed by atoms with Crippen LogP contribution in [0, 0.1) is 17.7 Å². The van der Waals surface area contributed by atoms with Crippen LogP contribution in [0.5, 0.6) is 0 Å². The third-order valence-electron chi connectivity index (χ3n) is 2.91. The van der Waals surface area contributed by atoms with E-state index >= 15 is 0 Å². The van der Waals surface area contributed by atoms with E-state index < -0.39 is 11.7 Å². The number of hydrogen-bond donors (Lipinski definition) is 1. The molecule has 1 amide bonds. The Kier molecular flexibility index (Phi) is 3.60. The van der Waals surface area contributed by atoms with E-state index in [0.29, 0.717) is 5.92 Å². The maximum atomic E-state index is 13.2. The van der Waals surface area contributed by atoms with Crippen LogP contribution in [0.2, 0.25) is 0 Å². The second kappa shape index (κ2) is 5.16. The fraction of sp³-hybridized carbons (Fsp3) is 0.385. The number of nitrogens with one attached hydrogen (secondary N) is 1. The van der Waals surface area contributed by atoms with Gasteiger partial charge in [-0.3, -0.25) is 9.59 Å². The van der Waals surface area contributed by atoms with Crippen LogP contribution < -0.4 is 5.32 Å².